The number of hydrogen-bond donors (Lipinski definition) is 2. The van der Waals surface area contributed by atoms with Crippen molar-refractivity contribution in [2.45, 2.75) is 26.1 Å². The number of carbonyl (C=O) groups excluding carboxylic acids is 1. The number of ether oxygens (including phenoxy) is 1. The Balaban J connectivity index is 2.04. The Morgan fingerprint density at radius 3 is 2.59 bits per heavy atom. The van der Waals surface area contributed by atoms with E-state index in [9.17, 15) is 9.90 Å². The summed E-state index contributed by atoms with van der Waals surface area (Å²) in [5, 5.41) is 13.1. The number of hydrogen-bond acceptors (Lipinski definition) is 3. The first-order chi connectivity index (χ1) is 10.5. The van der Waals surface area contributed by atoms with E-state index in [1.165, 1.54) is 6.92 Å². The lowest BCUT2D eigenvalue weighted by Crippen LogP contribution is -2.37. The summed E-state index contributed by atoms with van der Waals surface area (Å²) in [5.41, 5.74) is 0.641. The van der Waals surface area contributed by atoms with Crippen LogP contribution in [-0.4, -0.2) is 17.6 Å². The van der Waals surface area contributed by atoms with Gasteiger partial charge in [0.05, 0.1) is 6.54 Å². The van der Waals surface area contributed by atoms with Crippen LogP contribution in [0.4, 0.5) is 0 Å². The third-order valence-corrected chi connectivity index (χ3v) is 3.39. The van der Waals surface area contributed by atoms with Gasteiger partial charge in [0.25, 0.3) is 0 Å². The first-order valence-corrected chi connectivity index (χ1v) is 7.21. The smallest absolute Gasteiger partial charge is 0.216 e. The maximum Gasteiger partial charge on any atom is 0.216 e. The minimum atomic E-state index is -1.14. The average molecular weight is 299 g/mol. The van der Waals surface area contributed by atoms with E-state index in [2.05, 4.69) is 5.32 Å². The van der Waals surface area contributed by atoms with Crippen molar-refractivity contribution in [3.05, 3.63) is 65.7 Å². The molecule has 116 valence electrons. The fourth-order valence-corrected chi connectivity index (χ4v) is 2.06. The molecule has 0 heterocycles. The van der Waals surface area contributed by atoms with E-state index < -0.39 is 5.60 Å². The molecule has 2 N–H and O–H groups in total. The molecule has 0 saturated heterocycles. The highest BCUT2D eigenvalue weighted by atomic mass is 16.5. The summed E-state index contributed by atoms with van der Waals surface area (Å²) in [6, 6.07) is 17.2. The predicted molar refractivity (Wildman–Crippen MR) is 85.5 cm³/mol. The van der Waals surface area contributed by atoms with Gasteiger partial charge >= 0.3 is 0 Å². The van der Waals surface area contributed by atoms with E-state index in [0.717, 1.165) is 5.56 Å². The topological polar surface area (TPSA) is 58.6 Å². The number of benzene rings is 2. The Hall–Kier alpha value is -2.33. The summed E-state index contributed by atoms with van der Waals surface area (Å²) >= 11 is 0. The molecule has 1 atom stereocenters. The third kappa shape index (κ3) is 4.60. The Kier molecular flexibility index (Phi) is 5.17. The standard InChI is InChI=1S/C18H21NO3/c1-14(20)19-13-18(2,21)16-9-6-10-17(11-16)22-12-15-7-4-3-5-8-15/h3-11,21H,12-13H2,1-2H3,(H,19,20). The molecule has 2 aromatic carbocycles. The van der Waals surface area contributed by atoms with Crippen LogP contribution in [0.3, 0.4) is 0 Å². The van der Waals surface area contributed by atoms with E-state index in [-0.39, 0.29) is 12.5 Å². The lowest BCUT2D eigenvalue weighted by Gasteiger charge is -2.24. The molecule has 1 unspecified atom stereocenters. The van der Waals surface area contributed by atoms with E-state index in [1.54, 1.807) is 13.0 Å². The van der Waals surface area contributed by atoms with Gasteiger partial charge in [-0.15, -0.1) is 0 Å². The Morgan fingerprint density at radius 1 is 1.18 bits per heavy atom. The van der Waals surface area contributed by atoms with E-state index in [4.69, 9.17) is 4.74 Å². The van der Waals surface area contributed by atoms with Crippen molar-refractivity contribution in [2.24, 2.45) is 0 Å². The van der Waals surface area contributed by atoms with Gasteiger partial charge in [-0.3, -0.25) is 4.79 Å². The molecule has 0 fully saturated rings. The summed E-state index contributed by atoms with van der Waals surface area (Å²) in [6.07, 6.45) is 0. The molecular weight excluding hydrogens is 278 g/mol. The van der Waals surface area contributed by atoms with Crippen molar-refractivity contribution >= 4 is 5.91 Å². The summed E-state index contributed by atoms with van der Waals surface area (Å²) in [4.78, 5) is 11.0. The maximum absolute atomic E-state index is 11.0. The highest BCUT2D eigenvalue weighted by molar-refractivity contribution is 5.72. The average Bonchev–Trinajstić information content (AvgIpc) is 2.52. The van der Waals surface area contributed by atoms with Crippen LogP contribution >= 0.6 is 0 Å². The molecule has 0 bridgehead atoms. The molecule has 2 aromatic rings. The number of carbonyl (C=O) groups is 1. The van der Waals surface area contributed by atoms with Gasteiger partial charge < -0.3 is 15.2 Å². The fourth-order valence-electron chi connectivity index (χ4n) is 2.06. The molecule has 0 aromatic heterocycles. The zero-order valence-corrected chi connectivity index (χ0v) is 12.9. The number of amides is 1. The minimum absolute atomic E-state index is 0.157. The van der Waals surface area contributed by atoms with E-state index >= 15 is 0 Å². The van der Waals surface area contributed by atoms with Crippen LogP contribution in [-0.2, 0) is 17.0 Å². The highest BCUT2D eigenvalue weighted by Crippen LogP contribution is 2.24. The van der Waals surface area contributed by atoms with Crippen molar-refractivity contribution in [2.75, 3.05) is 6.54 Å². The molecule has 2 rings (SSSR count). The second-order valence-corrected chi connectivity index (χ2v) is 5.49. The largest absolute Gasteiger partial charge is 0.489 e. The van der Waals surface area contributed by atoms with Gasteiger partial charge in [-0.25, -0.2) is 0 Å². The zero-order valence-electron chi connectivity index (χ0n) is 12.9. The first-order valence-electron chi connectivity index (χ1n) is 7.21. The van der Waals surface area contributed by atoms with E-state index in [1.807, 2.05) is 48.5 Å². The zero-order chi connectivity index (χ0) is 16.0. The van der Waals surface area contributed by atoms with Crippen LogP contribution in [0.1, 0.15) is 25.0 Å². The van der Waals surface area contributed by atoms with Gasteiger partial charge in [-0.05, 0) is 30.2 Å². The lowest BCUT2D eigenvalue weighted by atomic mass is 9.96. The summed E-state index contributed by atoms with van der Waals surface area (Å²) in [5.74, 6) is 0.515. The van der Waals surface area contributed by atoms with Crippen LogP contribution in [0, 0.1) is 0 Å². The summed E-state index contributed by atoms with van der Waals surface area (Å²) in [7, 11) is 0. The molecule has 0 aliphatic carbocycles. The Labute approximate surface area is 130 Å². The predicted octanol–water partition coefficient (Wildman–Crippen LogP) is 2.61. The van der Waals surface area contributed by atoms with Crippen molar-refractivity contribution in [3.63, 3.8) is 0 Å². The van der Waals surface area contributed by atoms with Gasteiger partial charge in [-0.2, -0.15) is 0 Å². The quantitative estimate of drug-likeness (QED) is 0.862. The monoisotopic (exact) mass is 299 g/mol. The van der Waals surface area contributed by atoms with Gasteiger partial charge in [0.15, 0.2) is 0 Å². The van der Waals surface area contributed by atoms with Gasteiger partial charge in [0.2, 0.25) is 5.91 Å². The number of rotatable bonds is 6. The molecule has 0 aliphatic heterocycles. The lowest BCUT2D eigenvalue weighted by molar-refractivity contribution is -0.120. The van der Waals surface area contributed by atoms with Gasteiger partial charge in [0, 0.05) is 6.92 Å². The first kappa shape index (κ1) is 16.0. The van der Waals surface area contributed by atoms with Crippen LogP contribution < -0.4 is 10.1 Å². The van der Waals surface area contributed by atoms with Crippen LogP contribution in [0.5, 0.6) is 5.75 Å². The molecule has 0 saturated carbocycles. The second-order valence-electron chi connectivity index (χ2n) is 5.49. The third-order valence-electron chi connectivity index (χ3n) is 3.39. The van der Waals surface area contributed by atoms with Crippen molar-refractivity contribution in [1.82, 2.24) is 5.32 Å². The van der Waals surface area contributed by atoms with Crippen LogP contribution in [0.2, 0.25) is 0 Å². The van der Waals surface area contributed by atoms with Gasteiger partial charge in [0.1, 0.15) is 18.0 Å². The fraction of sp³-hybridized carbons (Fsp3) is 0.278. The molecule has 0 aliphatic rings. The number of aliphatic hydroxyl groups is 1. The SMILES string of the molecule is CC(=O)NCC(C)(O)c1cccc(OCc2ccccc2)c1. The summed E-state index contributed by atoms with van der Waals surface area (Å²) < 4.78 is 5.76. The Morgan fingerprint density at radius 2 is 1.91 bits per heavy atom. The molecule has 4 nitrogen and oxygen atoms in total. The highest BCUT2D eigenvalue weighted by Gasteiger charge is 2.23. The normalized spacial score (nSPS) is 13.2. The molecule has 22 heavy (non-hydrogen) atoms. The molecule has 4 heteroatoms. The van der Waals surface area contributed by atoms with Gasteiger partial charge in [-0.1, -0.05) is 42.5 Å². The van der Waals surface area contributed by atoms with Crippen molar-refractivity contribution in [1.29, 1.82) is 0 Å². The molecule has 0 radical (unpaired) electrons. The molecule has 1 amide bonds. The van der Waals surface area contributed by atoms with E-state index in [0.29, 0.717) is 17.9 Å². The summed E-state index contributed by atoms with van der Waals surface area (Å²) in [6.45, 7) is 3.72. The maximum atomic E-state index is 11.0. The van der Waals surface area contributed by atoms with Crippen molar-refractivity contribution < 1.29 is 14.6 Å². The second kappa shape index (κ2) is 7.09. The number of nitrogens with one attached hydrogen (secondary N) is 1. The van der Waals surface area contributed by atoms with Crippen LogP contribution in [0.25, 0.3) is 0 Å². The minimum Gasteiger partial charge on any atom is -0.489 e. The van der Waals surface area contributed by atoms with Crippen molar-refractivity contribution in [3.8, 4) is 5.75 Å². The molecular formula is C18H21NO3. The van der Waals surface area contributed by atoms with Crippen LogP contribution in [0.15, 0.2) is 54.6 Å². The Bertz CT molecular complexity index is 623. The molecule has 0 spiro atoms.